The molecule has 2 heterocycles. The zero-order valence-corrected chi connectivity index (χ0v) is 15.0. The van der Waals surface area contributed by atoms with E-state index in [4.69, 9.17) is 11.6 Å². The average molecular weight is 366 g/mol. The van der Waals surface area contributed by atoms with Crippen LogP contribution in [0, 0.1) is 0 Å². The normalized spacial score (nSPS) is 22.3. The largest absolute Gasteiger partial charge is 0.480 e. The number of hydrogen-bond donors (Lipinski definition) is 1. The summed E-state index contributed by atoms with van der Waals surface area (Å²) in [4.78, 5) is 29.7. The van der Waals surface area contributed by atoms with Crippen LogP contribution >= 0.6 is 11.6 Å². The Bertz CT molecular complexity index is 632. The summed E-state index contributed by atoms with van der Waals surface area (Å²) in [6.07, 6.45) is 1.48. The molecule has 2 fully saturated rings. The third-order valence-corrected chi connectivity index (χ3v) is 5.24. The fourth-order valence-corrected chi connectivity index (χ4v) is 3.83. The molecule has 2 saturated heterocycles. The predicted molar refractivity (Wildman–Crippen MR) is 95.5 cm³/mol. The van der Waals surface area contributed by atoms with Gasteiger partial charge in [0.05, 0.1) is 6.54 Å². The van der Waals surface area contributed by atoms with Gasteiger partial charge < -0.3 is 10.0 Å². The molecule has 0 aromatic heterocycles. The van der Waals surface area contributed by atoms with Crippen LogP contribution in [0.2, 0.25) is 5.02 Å². The first-order valence-electron chi connectivity index (χ1n) is 8.74. The highest BCUT2D eigenvalue weighted by Crippen LogP contribution is 2.18. The van der Waals surface area contributed by atoms with E-state index >= 15 is 0 Å². The second-order valence-corrected chi connectivity index (χ2v) is 7.19. The minimum Gasteiger partial charge on any atom is -0.480 e. The second-order valence-electron chi connectivity index (χ2n) is 6.75. The lowest BCUT2D eigenvalue weighted by atomic mass is 10.2. The van der Waals surface area contributed by atoms with Crippen molar-refractivity contribution in [2.45, 2.75) is 25.4 Å². The Labute approximate surface area is 152 Å². The first-order chi connectivity index (χ1) is 12.0. The molecule has 0 radical (unpaired) electrons. The molecule has 0 bridgehead atoms. The molecule has 1 aromatic carbocycles. The number of rotatable bonds is 5. The number of hydrogen-bond acceptors (Lipinski definition) is 4. The summed E-state index contributed by atoms with van der Waals surface area (Å²) in [7, 11) is 0. The second kappa shape index (κ2) is 8.17. The number of carboxylic acids is 1. The molecule has 1 N–H and O–H groups in total. The van der Waals surface area contributed by atoms with Crippen LogP contribution in [-0.2, 0) is 16.1 Å². The highest BCUT2D eigenvalue weighted by molar-refractivity contribution is 6.30. The zero-order chi connectivity index (χ0) is 17.8. The van der Waals surface area contributed by atoms with Gasteiger partial charge in [0.2, 0.25) is 5.91 Å². The Kier molecular flexibility index (Phi) is 5.93. The van der Waals surface area contributed by atoms with Crippen LogP contribution in [0.4, 0.5) is 0 Å². The fraction of sp³-hybridized carbons (Fsp3) is 0.556. The standard InChI is InChI=1S/C18H24ClN3O3/c19-15-4-1-3-14(11-15)12-20-7-9-21(10-8-20)17(23)13-22-6-2-5-16(22)18(24)25/h1,3-4,11,16H,2,5-10,12-13H2,(H,24,25)/t16-/m0/s1. The van der Waals surface area contributed by atoms with Gasteiger partial charge in [-0.05, 0) is 37.1 Å². The summed E-state index contributed by atoms with van der Waals surface area (Å²) in [5, 5.41) is 9.96. The molecular weight excluding hydrogens is 342 g/mol. The zero-order valence-electron chi connectivity index (χ0n) is 14.2. The number of likely N-dealkylation sites (tertiary alicyclic amines) is 1. The van der Waals surface area contributed by atoms with Gasteiger partial charge in [-0.2, -0.15) is 0 Å². The van der Waals surface area contributed by atoms with Crippen molar-refractivity contribution in [1.29, 1.82) is 0 Å². The summed E-state index contributed by atoms with van der Waals surface area (Å²) in [5.74, 6) is -0.785. The first-order valence-corrected chi connectivity index (χ1v) is 9.12. The highest BCUT2D eigenvalue weighted by Gasteiger charge is 2.33. The quantitative estimate of drug-likeness (QED) is 0.857. The number of carboxylic acid groups (broad SMARTS) is 1. The minimum absolute atomic E-state index is 0.0376. The molecule has 0 unspecified atom stereocenters. The number of benzene rings is 1. The van der Waals surface area contributed by atoms with Gasteiger partial charge in [0.1, 0.15) is 6.04 Å². The van der Waals surface area contributed by atoms with Crippen molar-refractivity contribution < 1.29 is 14.7 Å². The maximum atomic E-state index is 12.5. The third kappa shape index (κ3) is 4.71. The fourth-order valence-electron chi connectivity index (χ4n) is 3.62. The summed E-state index contributed by atoms with van der Waals surface area (Å²) in [6.45, 7) is 4.75. The van der Waals surface area contributed by atoms with Crippen molar-refractivity contribution >= 4 is 23.5 Å². The van der Waals surface area contributed by atoms with E-state index in [0.29, 0.717) is 26.1 Å². The molecule has 6 nitrogen and oxygen atoms in total. The van der Waals surface area contributed by atoms with E-state index in [0.717, 1.165) is 31.1 Å². The van der Waals surface area contributed by atoms with Crippen LogP contribution in [0.3, 0.4) is 0 Å². The summed E-state index contributed by atoms with van der Waals surface area (Å²) >= 11 is 6.02. The highest BCUT2D eigenvalue weighted by atomic mass is 35.5. The van der Waals surface area contributed by atoms with Crippen molar-refractivity contribution in [2.24, 2.45) is 0 Å². The topological polar surface area (TPSA) is 64.1 Å². The number of halogens is 1. The minimum atomic E-state index is -0.823. The maximum Gasteiger partial charge on any atom is 0.320 e. The van der Waals surface area contributed by atoms with Gasteiger partial charge in [-0.3, -0.25) is 19.4 Å². The smallest absolute Gasteiger partial charge is 0.320 e. The molecule has 1 amide bonds. The van der Waals surface area contributed by atoms with E-state index in [1.165, 1.54) is 5.56 Å². The van der Waals surface area contributed by atoms with Gasteiger partial charge in [0.15, 0.2) is 0 Å². The summed E-state index contributed by atoms with van der Waals surface area (Å²) < 4.78 is 0. The van der Waals surface area contributed by atoms with Crippen LogP contribution in [0.5, 0.6) is 0 Å². The molecule has 25 heavy (non-hydrogen) atoms. The molecule has 7 heteroatoms. The van der Waals surface area contributed by atoms with E-state index in [1.54, 1.807) is 4.90 Å². The Morgan fingerprint density at radius 3 is 2.60 bits per heavy atom. The number of amides is 1. The van der Waals surface area contributed by atoms with Crippen LogP contribution in [0.1, 0.15) is 18.4 Å². The molecule has 1 aromatic rings. The predicted octanol–water partition coefficient (Wildman–Crippen LogP) is 1.53. The van der Waals surface area contributed by atoms with E-state index in [2.05, 4.69) is 11.0 Å². The van der Waals surface area contributed by atoms with E-state index in [-0.39, 0.29) is 12.5 Å². The summed E-state index contributed by atoms with van der Waals surface area (Å²) in [5.41, 5.74) is 1.17. The van der Waals surface area contributed by atoms with Crippen molar-refractivity contribution in [1.82, 2.24) is 14.7 Å². The number of carbonyl (C=O) groups is 2. The van der Waals surface area contributed by atoms with Gasteiger partial charge in [-0.25, -0.2) is 0 Å². The lowest BCUT2D eigenvalue weighted by molar-refractivity contribution is -0.143. The monoisotopic (exact) mass is 365 g/mol. The summed E-state index contributed by atoms with van der Waals surface area (Å²) in [6, 6.07) is 7.34. The average Bonchev–Trinajstić information content (AvgIpc) is 3.04. The van der Waals surface area contributed by atoms with Gasteiger partial charge in [0, 0.05) is 37.7 Å². The number of aliphatic carboxylic acids is 1. The lowest BCUT2D eigenvalue weighted by Gasteiger charge is -2.35. The Morgan fingerprint density at radius 1 is 1.16 bits per heavy atom. The first kappa shape index (κ1) is 18.2. The van der Waals surface area contributed by atoms with Gasteiger partial charge in [0.25, 0.3) is 0 Å². The van der Waals surface area contributed by atoms with Crippen molar-refractivity contribution in [2.75, 3.05) is 39.3 Å². The van der Waals surface area contributed by atoms with Crippen LogP contribution in [-0.4, -0.2) is 77.0 Å². The van der Waals surface area contributed by atoms with Crippen LogP contribution in [0.25, 0.3) is 0 Å². The van der Waals surface area contributed by atoms with Crippen molar-refractivity contribution in [3.63, 3.8) is 0 Å². The number of piperazine rings is 1. The van der Waals surface area contributed by atoms with Gasteiger partial charge in [-0.1, -0.05) is 23.7 Å². The molecule has 2 aliphatic heterocycles. The van der Waals surface area contributed by atoms with Gasteiger partial charge in [-0.15, -0.1) is 0 Å². The van der Waals surface area contributed by atoms with E-state index < -0.39 is 12.0 Å². The molecular formula is C18H24ClN3O3. The van der Waals surface area contributed by atoms with E-state index in [1.807, 2.05) is 23.1 Å². The Hall–Kier alpha value is -1.63. The third-order valence-electron chi connectivity index (χ3n) is 5.01. The molecule has 0 aliphatic carbocycles. The molecule has 0 saturated carbocycles. The Balaban J connectivity index is 1.47. The number of nitrogens with zero attached hydrogens (tertiary/aromatic N) is 3. The maximum absolute atomic E-state index is 12.5. The number of carbonyl (C=O) groups excluding carboxylic acids is 1. The van der Waals surface area contributed by atoms with Crippen LogP contribution < -0.4 is 0 Å². The molecule has 2 aliphatic rings. The molecule has 0 spiro atoms. The molecule has 1 atom stereocenters. The lowest BCUT2D eigenvalue weighted by Crippen LogP contribution is -2.51. The van der Waals surface area contributed by atoms with Crippen molar-refractivity contribution in [3.05, 3.63) is 34.9 Å². The van der Waals surface area contributed by atoms with Gasteiger partial charge >= 0.3 is 5.97 Å². The SMILES string of the molecule is O=C(O)[C@@H]1CCCN1CC(=O)N1CCN(Cc2cccc(Cl)c2)CC1. The van der Waals surface area contributed by atoms with Crippen molar-refractivity contribution in [3.8, 4) is 0 Å². The molecule has 136 valence electrons. The molecule has 3 rings (SSSR count). The van der Waals surface area contributed by atoms with E-state index in [9.17, 15) is 14.7 Å². The van der Waals surface area contributed by atoms with Crippen LogP contribution in [0.15, 0.2) is 24.3 Å². The Morgan fingerprint density at radius 2 is 1.92 bits per heavy atom.